The van der Waals surface area contributed by atoms with Gasteiger partial charge in [-0.05, 0) is 44.4 Å². The summed E-state index contributed by atoms with van der Waals surface area (Å²) in [4.78, 5) is 25.5. The third-order valence-electron chi connectivity index (χ3n) is 6.24. The van der Waals surface area contributed by atoms with E-state index in [1.165, 1.54) is 19.1 Å². The highest BCUT2D eigenvalue weighted by molar-refractivity contribution is 6.00. The van der Waals surface area contributed by atoms with Gasteiger partial charge in [0.1, 0.15) is 23.2 Å². The van der Waals surface area contributed by atoms with E-state index in [9.17, 15) is 24.9 Å². The maximum atomic E-state index is 12.9. The van der Waals surface area contributed by atoms with Crippen LogP contribution in [0.25, 0.3) is 0 Å². The van der Waals surface area contributed by atoms with Gasteiger partial charge in [-0.15, -0.1) is 0 Å². The first-order chi connectivity index (χ1) is 14.6. The molecule has 2 aliphatic rings. The van der Waals surface area contributed by atoms with Gasteiger partial charge in [-0.3, -0.25) is 4.79 Å². The maximum Gasteiger partial charge on any atom is 0.342 e. The van der Waals surface area contributed by atoms with Crippen LogP contribution in [0.4, 0.5) is 0 Å². The van der Waals surface area contributed by atoms with Gasteiger partial charge in [-0.25, -0.2) is 4.79 Å². The lowest BCUT2D eigenvalue weighted by molar-refractivity contribution is -0.156. The summed E-state index contributed by atoms with van der Waals surface area (Å²) in [6, 6.07) is 2.35. The van der Waals surface area contributed by atoms with Gasteiger partial charge in [0, 0.05) is 25.5 Å². The summed E-state index contributed by atoms with van der Waals surface area (Å²) in [6.45, 7) is 5.06. The second kappa shape index (κ2) is 8.98. The van der Waals surface area contributed by atoms with Gasteiger partial charge in [0.05, 0.1) is 18.8 Å². The maximum absolute atomic E-state index is 12.9. The van der Waals surface area contributed by atoms with E-state index >= 15 is 0 Å². The molecule has 5 atom stereocenters. The molecule has 1 saturated heterocycles. The third kappa shape index (κ3) is 4.61. The monoisotopic (exact) mass is 434 g/mol. The average molecular weight is 434 g/mol. The molecule has 1 fully saturated rings. The molecule has 0 aromatic heterocycles. The first kappa shape index (κ1) is 23.2. The van der Waals surface area contributed by atoms with Crippen molar-refractivity contribution in [1.29, 1.82) is 0 Å². The number of aryl methyl sites for hydroxylation is 1. The second-order valence-electron chi connectivity index (χ2n) is 8.48. The van der Waals surface area contributed by atoms with Crippen molar-refractivity contribution in [3.8, 4) is 11.5 Å². The number of esters is 1. The predicted molar refractivity (Wildman–Crippen MR) is 111 cm³/mol. The number of ether oxygens (including phenoxy) is 3. The molecule has 1 aromatic carbocycles. The molecule has 0 amide bonds. The minimum atomic E-state index is -1.93. The Labute approximate surface area is 181 Å². The van der Waals surface area contributed by atoms with Gasteiger partial charge < -0.3 is 29.5 Å². The van der Waals surface area contributed by atoms with Gasteiger partial charge >= 0.3 is 5.97 Å². The first-order valence-corrected chi connectivity index (χ1v) is 10.4. The number of fused-ring (bicyclic) bond motifs is 1. The van der Waals surface area contributed by atoms with Crippen molar-refractivity contribution in [3.63, 3.8) is 0 Å². The predicted octanol–water partition coefficient (Wildman–Crippen LogP) is 2.41. The van der Waals surface area contributed by atoms with Gasteiger partial charge in [-0.1, -0.05) is 12.5 Å². The number of rotatable bonds is 6. The van der Waals surface area contributed by atoms with Crippen molar-refractivity contribution >= 4 is 11.8 Å². The molecule has 0 bridgehead atoms. The zero-order chi connectivity index (χ0) is 22.9. The minimum Gasteiger partial charge on any atom is -0.508 e. The van der Waals surface area contributed by atoms with Crippen LogP contribution in [-0.4, -0.2) is 64.7 Å². The number of ketones is 1. The van der Waals surface area contributed by atoms with E-state index in [2.05, 4.69) is 0 Å². The molecule has 0 spiro atoms. The van der Waals surface area contributed by atoms with Crippen LogP contribution in [0.3, 0.4) is 0 Å². The van der Waals surface area contributed by atoms with E-state index < -0.39 is 35.1 Å². The Hall–Kier alpha value is -2.42. The van der Waals surface area contributed by atoms with Crippen LogP contribution in [-0.2, 0) is 19.0 Å². The van der Waals surface area contributed by atoms with Crippen molar-refractivity contribution in [2.75, 3.05) is 13.7 Å². The fourth-order valence-corrected chi connectivity index (χ4v) is 4.37. The van der Waals surface area contributed by atoms with Gasteiger partial charge in [0.25, 0.3) is 0 Å². The number of carbonyl (C=O) groups excluding carboxylic acids is 2. The van der Waals surface area contributed by atoms with E-state index in [4.69, 9.17) is 14.2 Å². The van der Waals surface area contributed by atoms with E-state index in [-0.39, 0.29) is 30.1 Å². The zero-order valence-electron chi connectivity index (χ0n) is 18.3. The van der Waals surface area contributed by atoms with E-state index in [0.717, 1.165) is 18.1 Å². The summed E-state index contributed by atoms with van der Waals surface area (Å²) < 4.78 is 17.0. The molecule has 3 N–H and O–H groups in total. The minimum absolute atomic E-state index is 0.0404. The number of aliphatic hydroxyl groups is 1. The number of carbonyl (C=O) groups is 2. The molecule has 0 saturated carbocycles. The molecule has 8 nitrogen and oxygen atoms in total. The van der Waals surface area contributed by atoms with Gasteiger partial charge in [-0.2, -0.15) is 0 Å². The average Bonchev–Trinajstić information content (AvgIpc) is 2.69. The van der Waals surface area contributed by atoms with Crippen LogP contribution in [0.2, 0.25) is 0 Å². The topological polar surface area (TPSA) is 123 Å². The quantitative estimate of drug-likeness (QED) is 0.584. The summed E-state index contributed by atoms with van der Waals surface area (Å²) in [5.41, 5.74) is -0.982. The normalized spacial score (nSPS) is 29.1. The molecule has 170 valence electrons. The largest absolute Gasteiger partial charge is 0.508 e. The standard InChI is InChI=1S/C23H30O8/c1-5-15(29-4)10-16-7-13-8-19(26)23(3,28)21(17(13)11-30-16)31-22(27)20-12(2)6-14(24)9-18(20)25/h6,8-9,15-17,21,24-25,28H,5,7,10-11H2,1-4H3. The Morgan fingerprint density at radius 3 is 2.68 bits per heavy atom. The van der Waals surface area contributed by atoms with E-state index in [1.807, 2.05) is 6.92 Å². The van der Waals surface area contributed by atoms with Crippen LogP contribution in [0.1, 0.15) is 49.0 Å². The summed E-state index contributed by atoms with van der Waals surface area (Å²) >= 11 is 0. The number of aromatic hydroxyl groups is 2. The van der Waals surface area contributed by atoms with Crippen LogP contribution < -0.4 is 0 Å². The summed E-state index contributed by atoms with van der Waals surface area (Å²) in [5, 5.41) is 30.6. The molecule has 5 unspecified atom stereocenters. The van der Waals surface area contributed by atoms with Crippen molar-refractivity contribution in [2.45, 2.75) is 63.9 Å². The Kier molecular flexibility index (Phi) is 6.73. The Bertz CT molecular complexity index is 861. The van der Waals surface area contributed by atoms with E-state index in [1.54, 1.807) is 14.0 Å². The smallest absolute Gasteiger partial charge is 0.342 e. The molecular formula is C23H30O8. The van der Waals surface area contributed by atoms with Crippen LogP contribution >= 0.6 is 0 Å². The molecular weight excluding hydrogens is 404 g/mol. The Balaban J connectivity index is 1.84. The first-order valence-electron chi connectivity index (χ1n) is 10.4. The van der Waals surface area contributed by atoms with Crippen molar-refractivity contribution in [1.82, 2.24) is 0 Å². The Morgan fingerprint density at radius 2 is 2.06 bits per heavy atom. The fourth-order valence-electron chi connectivity index (χ4n) is 4.37. The molecule has 0 radical (unpaired) electrons. The molecule has 1 aliphatic carbocycles. The SMILES string of the molecule is CCC(CC1CC2=CC(=O)C(C)(O)C(OC(=O)c3c(C)cc(O)cc3O)C2CO1)OC. The number of phenols is 2. The number of methoxy groups -OCH3 is 1. The Morgan fingerprint density at radius 1 is 1.35 bits per heavy atom. The van der Waals surface area contributed by atoms with Crippen LogP contribution in [0.5, 0.6) is 11.5 Å². The molecule has 31 heavy (non-hydrogen) atoms. The van der Waals surface area contributed by atoms with Gasteiger partial charge in [0.15, 0.2) is 11.4 Å². The highest BCUT2D eigenvalue weighted by Gasteiger charge is 2.52. The molecule has 1 heterocycles. The summed E-state index contributed by atoms with van der Waals surface area (Å²) in [6.07, 6.45) is 2.15. The fraction of sp³-hybridized carbons (Fsp3) is 0.565. The van der Waals surface area contributed by atoms with Crippen molar-refractivity contribution in [2.24, 2.45) is 5.92 Å². The van der Waals surface area contributed by atoms with E-state index in [0.29, 0.717) is 18.4 Å². The lowest BCUT2D eigenvalue weighted by atomic mass is 9.73. The molecule has 1 aliphatic heterocycles. The second-order valence-corrected chi connectivity index (χ2v) is 8.48. The zero-order valence-corrected chi connectivity index (χ0v) is 18.3. The number of hydrogen-bond acceptors (Lipinski definition) is 8. The third-order valence-corrected chi connectivity index (χ3v) is 6.24. The molecule has 3 rings (SSSR count). The molecule has 1 aromatic rings. The number of phenolic OH excluding ortho intramolecular Hbond substituents is 2. The lowest BCUT2D eigenvalue weighted by Crippen LogP contribution is -2.57. The molecule has 8 heteroatoms. The highest BCUT2D eigenvalue weighted by Crippen LogP contribution is 2.40. The van der Waals surface area contributed by atoms with Crippen LogP contribution in [0, 0.1) is 12.8 Å². The van der Waals surface area contributed by atoms with Crippen LogP contribution in [0.15, 0.2) is 23.8 Å². The summed E-state index contributed by atoms with van der Waals surface area (Å²) in [7, 11) is 1.65. The van der Waals surface area contributed by atoms with Crippen molar-refractivity contribution in [3.05, 3.63) is 34.9 Å². The lowest BCUT2D eigenvalue weighted by Gasteiger charge is -2.44. The highest BCUT2D eigenvalue weighted by atomic mass is 16.6. The summed E-state index contributed by atoms with van der Waals surface area (Å²) in [5.74, 6) is -2.55. The van der Waals surface area contributed by atoms with Crippen molar-refractivity contribution < 1.29 is 39.1 Å². The number of benzene rings is 1. The van der Waals surface area contributed by atoms with Gasteiger partial charge in [0.2, 0.25) is 0 Å². The number of hydrogen-bond donors (Lipinski definition) is 3.